The Morgan fingerprint density at radius 1 is 0.600 bits per heavy atom. The Balaban J connectivity index is 6.76. The van der Waals surface area contributed by atoms with E-state index in [0.717, 1.165) is 0 Å². The molecular formula is C15H18F15NO3S. The van der Waals surface area contributed by atoms with Gasteiger partial charge in [-0.2, -0.15) is 70.2 Å². The van der Waals surface area contributed by atoms with Crippen LogP contribution in [0.4, 0.5) is 65.9 Å². The fraction of sp³-hybridized carbons (Fsp3) is 1.00. The first-order chi connectivity index (χ1) is 15.3. The summed E-state index contributed by atoms with van der Waals surface area (Å²) in [4.78, 5) is 0. The number of hydrogen-bond acceptors (Lipinski definition) is 3. The molecule has 0 heterocycles. The van der Waals surface area contributed by atoms with Gasteiger partial charge < -0.3 is 5.11 Å². The summed E-state index contributed by atoms with van der Waals surface area (Å²) in [6.07, 6.45) is -9.15. The summed E-state index contributed by atoms with van der Waals surface area (Å²) < 4.78 is 223. The fourth-order valence-corrected chi connectivity index (χ4v) is 3.88. The maximum atomic E-state index is 14.2. The molecule has 0 aliphatic heterocycles. The second kappa shape index (κ2) is 10.3. The average molecular weight is 577 g/mol. The van der Waals surface area contributed by atoms with Crippen molar-refractivity contribution in [2.45, 2.75) is 73.7 Å². The van der Waals surface area contributed by atoms with Crippen LogP contribution in [0.15, 0.2) is 0 Å². The van der Waals surface area contributed by atoms with Gasteiger partial charge in [0.15, 0.2) is 0 Å². The number of unbranched alkanes of at least 4 members (excludes halogenated alkanes) is 2. The van der Waals surface area contributed by atoms with Gasteiger partial charge in [0.05, 0.1) is 0 Å². The second-order valence-corrected chi connectivity index (χ2v) is 9.05. The molecule has 0 fully saturated rings. The van der Waals surface area contributed by atoms with Gasteiger partial charge in [-0.25, -0.2) is 8.42 Å². The average Bonchev–Trinajstić information content (AvgIpc) is 2.68. The molecule has 0 aliphatic rings. The van der Waals surface area contributed by atoms with Gasteiger partial charge in [-0.05, 0) is 19.3 Å². The highest BCUT2D eigenvalue weighted by Gasteiger charge is 2.94. The van der Waals surface area contributed by atoms with Crippen LogP contribution in [0.3, 0.4) is 0 Å². The Bertz CT molecular complexity index is 811. The number of aliphatic hydroxyl groups is 1. The van der Waals surface area contributed by atoms with Crippen molar-refractivity contribution >= 4 is 10.0 Å². The normalized spacial score (nSPS) is 15.7. The smallest absolute Gasteiger partial charge is 0.396 e. The van der Waals surface area contributed by atoms with Gasteiger partial charge in [-0.1, -0.05) is 13.3 Å². The lowest BCUT2D eigenvalue weighted by Crippen LogP contribution is -2.73. The van der Waals surface area contributed by atoms with Gasteiger partial charge in [0.25, 0.3) is 10.0 Å². The van der Waals surface area contributed by atoms with Gasteiger partial charge in [0.2, 0.25) is 0 Å². The Labute approximate surface area is 188 Å². The molecule has 0 atom stereocenters. The van der Waals surface area contributed by atoms with E-state index in [0.29, 0.717) is 0 Å². The zero-order chi connectivity index (χ0) is 28.5. The van der Waals surface area contributed by atoms with Crippen LogP contribution >= 0.6 is 0 Å². The molecule has 0 radical (unpaired) electrons. The first-order valence-electron chi connectivity index (χ1n) is 9.21. The largest absolute Gasteiger partial charge is 0.460 e. The van der Waals surface area contributed by atoms with Crippen LogP contribution < -0.4 is 0 Å². The molecule has 0 saturated carbocycles. The van der Waals surface area contributed by atoms with Crippen molar-refractivity contribution < 1.29 is 79.4 Å². The lowest BCUT2D eigenvalue weighted by Gasteiger charge is -2.41. The monoisotopic (exact) mass is 577 g/mol. The third-order valence-corrected chi connectivity index (χ3v) is 6.49. The fourth-order valence-electron chi connectivity index (χ4n) is 2.36. The standard InChI is InChI=1S/C15H18F15NO3S/c1-2-3-6-31(7-4-5-8-32)35(33,34)15(29,30)13(24,25)11(20,21)9(16,17)10(18,19)12(22,23)14(26,27)28/h32H,2-8H2,1H3. The molecule has 4 nitrogen and oxygen atoms in total. The zero-order valence-corrected chi connectivity index (χ0v) is 18.1. The lowest BCUT2D eigenvalue weighted by molar-refractivity contribution is -0.447. The third-order valence-electron chi connectivity index (χ3n) is 4.54. The first-order valence-corrected chi connectivity index (χ1v) is 10.7. The molecule has 0 amide bonds. The van der Waals surface area contributed by atoms with Crippen molar-refractivity contribution in [3.63, 3.8) is 0 Å². The molecular weight excluding hydrogens is 559 g/mol. The number of hydrogen-bond donors (Lipinski definition) is 1. The number of nitrogens with zero attached hydrogens (tertiary/aromatic N) is 1. The highest BCUT2D eigenvalue weighted by atomic mass is 32.2. The van der Waals surface area contributed by atoms with Gasteiger partial charge in [-0.3, -0.25) is 0 Å². The SMILES string of the molecule is CCCCN(CCCCO)S(=O)(=O)C(F)(F)C(F)(F)C(F)(F)C(F)(F)C(F)(F)C(F)(F)C(F)(F)F. The summed E-state index contributed by atoms with van der Waals surface area (Å²) in [6, 6.07) is 0. The molecule has 0 rings (SSSR count). The minimum Gasteiger partial charge on any atom is -0.396 e. The minimum atomic E-state index is -8.56. The van der Waals surface area contributed by atoms with Gasteiger partial charge >= 0.3 is 41.0 Å². The number of rotatable bonds is 14. The molecule has 0 aromatic carbocycles. The summed E-state index contributed by atoms with van der Waals surface area (Å²) in [7, 11) is -7.16. The highest BCUT2D eigenvalue weighted by molar-refractivity contribution is 7.90. The van der Waals surface area contributed by atoms with E-state index in [1.165, 1.54) is 6.92 Å². The van der Waals surface area contributed by atoms with E-state index in [9.17, 15) is 74.3 Å². The second-order valence-electron chi connectivity index (χ2n) is 7.07. The lowest BCUT2D eigenvalue weighted by atomic mass is 9.94. The first kappa shape index (κ1) is 33.8. The summed E-state index contributed by atoms with van der Waals surface area (Å²) in [6.45, 7) is -1.73. The van der Waals surface area contributed by atoms with E-state index in [1.54, 1.807) is 0 Å². The number of sulfonamides is 1. The quantitative estimate of drug-likeness (QED) is 0.219. The van der Waals surface area contributed by atoms with Crippen molar-refractivity contribution in [3.8, 4) is 0 Å². The van der Waals surface area contributed by atoms with Crippen LogP contribution in [0.5, 0.6) is 0 Å². The molecule has 35 heavy (non-hydrogen) atoms. The van der Waals surface area contributed by atoms with Crippen molar-refractivity contribution in [2.24, 2.45) is 0 Å². The summed E-state index contributed by atoms with van der Waals surface area (Å²) in [5.41, 5.74) is 0. The summed E-state index contributed by atoms with van der Waals surface area (Å²) in [5, 5.41) is 1.20. The Kier molecular flexibility index (Phi) is 9.95. The van der Waals surface area contributed by atoms with Crippen LogP contribution in [-0.2, 0) is 10.0 Å². The summed E-state index contributed by atoms with van der Waals surface area (Å²) >= 11 is 0. The van der Waals surface area contributed by atoms with Crippen LogP contribution in [0.1, 0.15) is 32.6 Å². The minimum absolute atomic E-state index is 0.0407. The predicted octanol–water partition coefficient (Wildman–Crippen LogP) is 5.52. The van der Waals surface area contributed by atoms with Crippen LogP contribution in [0.2, 0.25) is 0 Å². The topological polar surface area (TPSA) is 57.6 Å². The predicted molar refractivity (Wildman–Crippen MR) is 87.5 cm³/mol. The van der Waals surface area contributed by atoms with E-state index in [2.05, 4.69) is 0 Å². The Hall–Kier alpha value is -1.18. The van der Waals surface area contributed by atoms with Crippen molar-refractivity contribution in [1.29, 1.82) is 0 Å². The van der Waals surface area contributed by atoms with Gasteiger partial charge in [-0.15, -0.1) is 0 Å². The third kappa shape index (κ3) is 5.28. The van der Waals surface area contributed by atoms with E-state index < -0.39 is 87.9 Å². The Morgan fingerprint density at radius 2 is 0.971 bits per heavy atom. The molecule has 0 aliphatic carbocycles. The van der Waals surface area contributed by atoms with Crippen LogP contribution in [0.25, 0.3) is 0 Å². The van der Waals surface area contributed by atoms with E-state index in [4.69, 9.17) is 5.11 Å². The van der Waals surface area contributed by atoms with Crippen molar-refractivity contribution in [1.82, 2.24) is 4.31 Å². The molecule has 0 aromatic rings. The Morgan fingerprint density at radius 3 is 1.34 bits per heavy atom. The number of halogens is 15. The molecule has 1 N–H and O–H groups in total. The number of alkyl halides is 15. The molecule has 0 aromatic heterocycles. The molecule has 0 unspecified atom stereocenters. The van der Waals surface area contributed by atoms with Crippen LogP contribution in [-0.4, -0.2) is 78.6 Å². The molecule has 212 valence electrons. The van der Waals surface area contributed by atoms with Crippen LogP contribution in [0, 0.1) is 0 Å². The van der Waals surface area contributed by atoms with E-state index in [-0.39, 0.29) is 12.8 Å². The van der Waals surface area contributed by atoms with E-state index >= 15 is 0 Å². The van der Waals surface area contributed by atoms with Gasteiger partial charge in [0, 0.05) is 19.7 Å². The molecule has 20 heteroatoms. The maximum absolute atomic E-state index is 14.2. The summed E-state index contributed by atoms with van der Waals surface area (Å²) in [5.74, 6) is -41.8. The van der Waals surface area contributed by atoms with Gasteiger partial charge in [0.1, 0.15) is 0 Å². The molecule has 0 spiro atoms. The zero-order valence-electron chi connectivity index (χ0n) is 17.2. The number of aliphatic hydroxyl groups excluding tert-OH is 1. The van der Waals surface area contributed by atoms with Crippen molar-refractivity contribution in [2.75, 3.05) is 19.7 Å². The molecule has 0 bridgehead atoms. The van der Waals surface area contributed by atoms with E-state index in [1.807, 2.05) is 0 Å². The molecule has 0 saturated heterocycles. The van der Waals surface area contributed by atoms with Crippen molar-refractivity contribution in [3.05, 3.63) is 0 Å². The maximum Gasteiger partial charge on any atom is 0.460 e. The highest BCUT2D eigenvalue weighted by Crippen LogP contribution is 2.63.